The first-order chi connectivity index (χ1) is 16.6. The van der Waals surface area contributed by atoms with Crippen LogP contribution >= 0.6 is 0 Å². The first-order valence-electron chi connectivity index (χ1n) is 12.0. The lowest BCUT2D eigenvalue weighted by molar-refractivity contribution is 0.320. The minimum atomic E-state index is -3.25. The van der Waals surface area contributed by atoms with Gasteiger partial charge in [-0.05, 0) is 53.1 Å². The van der Waals surface area contributed by atoms with Gasteiger partial charge in [0.05, 0.1) is 5.75 Å². The molecule has 1 aliphatic rings. The van der Waals surface area contributed by atoms with Crippen molar-refractivity contribution in [1.29, 1.82) is 0 Å². The number of aromatic amines is 1. The van der Waals surface area contributed by atoms with Crippen molar-refractivity contribution in [2.45, 2.75) is 25.3 Å². The monoisotopic (exact) mass is 473 g/mol. The van der Waals surface area contributed by atoms with Gasteiger partial charge in [-0.3, -0.25) is 0 Å². The number of nitrogens with one attached hydrogen (secondary N) is 2. The Bertz CT molecular complexity index is 1330. The number of fused-ring (bicyclic) bond motifs is 1. The Kier molecular flexibility index (Phi) is 6.81. The molecule has 0 bridgehead atoms. The van der Waals surface area contributed by atoms with Gasteiger partial charge in [0.15, 0.2) is 0 Å². The second kappa shape index (κ2) is 10.1. The number of nitrogens with zero attached hydrogens (tertiary/aromatic N) is 1. The van der Waals surface area contributed by atoms with Crippen molar-refractivity contribution >= 4 is 20.9 Å². The molecule has 3 aromatic carbocycles. The fourth-order valence-corrected chi connectivity index (χ4v) is 6.32. The zero-order valence-corrected chi connectivity index (χ0v) is 20.1. The molecule has 5 rings (SSSR count). The van der Waals surface area contributed by atoms with Crippen LogP contribution in [0, 0.1) is 0 Å². The van der Waals surface area contributed by atoms with Crippen LogP contribution < -0.4 is 5.32 Å². The number of rotatable bonds is 8. The smallest absolute Gasteiger partial charge is 0.215 e. The quantitative estimate of drug-likeness (QED) is 0.349. The Labute approximate surface area is 201 Å². The van der Waals surface area contributed by atoms with Gasteiger partial charge in [0.2, 0.25) is 10.0 Å². The van der Waals surface area contributed by atoms with E-state index in [0.29, 0.717) is 32.1 Å². The highest BCUT2D eigenvalue weighted by Gasteiger charge is 2.29. The third kappa shape index (κ3) is 5.09. The van der Waals surface area contributed by atoms with Crippen LogP contribution in [0.25, 0.3) is 22.0 Å². The standard InChI is InChI=1S/C28H31N3O2S/c32-34(33,18-15-29-20-22-7-3-1-4-8-22)31-16-13-24(14-17-31)27-21-30-28-12-11-25(19-26(27)28)23-9-5-2-6-10-23/h1-12,19,21,24,29-30H,13-18,20H2. The second-order valence-electron chi connectivity index (χ2n) is 9.02. The van der Waals surface area contributed by atoms with Crippen molar-refractivity contribution in [1.82, 2.24) is 14.6 Å². The summed E-state index contributed by atoms with van der Waals surface area (Å²) in [7, 11) is -3.25. The Balaban J connectivity index is 1.20. The highest BCUT2D eigenvalue weighted by Crippen LogP contribution is 2.35. The van der Waals surface area contributed by atoms with Gasteiger partial charge >= 0.3 is 0 Å². The summed E-state index contributed by atoms with van der Waals surface area (Å²) in [5.74, 6) is 0.500. The molecule has 1 aromatic heterocycles. The van der Waals surface area contributed by atoms with Gasteiger partial charge in [-0.2, -0.15) is 0 Å². The van der Waals surface area contributed by atoms with Crippen LogP contribution in [0.3, 0.4) is 0 Å². The summed E-state index contributed by atoms with van der Waals surface area (Å²) in [6.07, 6.45) is 3.81. The Morgan fingerprint density at radius 2 is 1.59 bits per heavy atom. The first-order valence-corrected chi connectivity index (χ1v) is 13.6. The molecule has 0 radical (unpaired) electrons. The summed E-state index contributed by atoms with van der Waals surface area (Å²) in [6, 6.07) is 27.0. The number of aromatic nitrogens is 1. The number of H-pyrrole nitrogens is 1. The molecule has 2 heterocycles. The van der Waals surface area contributed by atoms with Crippen molar-refractivity contribution in [3.8, 4) is 11.1 Å². The number of hydrogen-bond acceptors (Lipinski definition) is 3. The fraction of sp³-hybridized carbons (Fsp3) is 0.286. The molecule has 2 N–H and O–H groups in total. The summed E-state index contributed by atoms with van der Waals surface area (Å²) >= 11 is 0. The van der Waals surface area contributed by atoms with E-state index in [1.807, 2.05) is 36.4 Å². The van der Waals surface area contributed by atoms with E-state index in [0.717, 1.165) is 23.9 Å². The molecule has 4 aromatic rings. The Morgan fingerprint density at radius 1 is 0.882 bits per heavy atom. The Hall–Kier alpha value is -2.93. The van der Waals surface area contributed by atoms with Gasteiger partial charge in [0.1, 0.15) is 0 Å². The molecule has 1 saturated heterocycles. The average Bonchev–Trinajstić information content (AvgIpc) is 3.31. The normalized spacial score (nSPS) is 15.6. The van der Waals surface area contributed by atoms with Gasteiger partial charge in [-0.1, -0.05) is 66.7 Å². The predicted molar refractivity (Wildman–Crippen MR) is 139 cm³/mol. The van der Waals surface area contributed by atoms with E-state index in [-0.39, 0.29) is 5.75 Å². The third-order valence-corrected chi connectivity index (χ3v) is 8.69. The van der Waals surface area contributed by atoms with Gasteiger partial charge in [0, 0.05) is 43.3 Å². The van der Waals surface area contributed by atoms with Crippen LogP contribution in [-0.4, -0.2) is 43.1 Å². The minimum Gasteiger partial charge on any atom is -0.361 e. The van der Waals surface area contributed by atoms with Gasteiger partial charge in [-0.15, -0.1) is 0 Å². The molecule has 1 aliphatic heterocycles. The van der Waals surface area contributed by atoms with Crippen molar-refractivity contribution in [2.75, 3.05) is 25.4 Å². The lowest BCUT2D eigenvalue weighted by Crippen LogP contribution is -2.41. The maximum atomic E-state index is 12.9. The highest BCUT2D eigenvalue weighted by molar-refractivity contribution is 7.89. The SMILES string of the molecule is O=S(=O)(CCNCc1ccccc1)N1CCC(c2c[nH]c3ccc(-c4ccccc4)cc23)CC1. The lowest BCUT2D eigenvalue weighted by atomic mass is 9.89. The molecule has 176 valence electrons. The summed E-state index contributed by atoms with van der Waals surface area (Å²) < 4.78 is 27.4. The molecule has 5 nitrogen and oxygen atoms in total. The van der Waals surface area contributed by atoms with Crippen LogP contribution in [0.5, 0.6) is 0 Å². The maximum Gasteiger partial charge on any atom is 0.215 e. The van der Waals surface area contributed by atoms with E-state index < -0.39 is 10.0 Å². The van der Waals surface area contributed by atoms with Crippen molar-refractivity contribution in [2.24, 2.45) is 0 Å². The van der Waals surface area contributed by atoms with E-state index in [4.69, 9.17) is 0 Å². The highest BCUT2D eigenvalue weighted by atomic mass is 32.2. The minimum absolute atomic E-state index is 0.137. The van der Waals surface area contributed by atoms with Crippen molar-refractivity contribution in [3.63, 3.8) is 0 Å². The summed E-state index contributed by atoms with van der Waals surface area (Å²) in [5, 5.41) is 4.50. The predicted octanol–water partition coefficient (Wildman–Crippen LogP) is 5.13. The molecular formula is C28H31N3O2S. The average molecular weight is 474 g/mol. The van der Waals surface area contributed by atoms with Crippen molar-refractivity contribution in [3.05, 3.63) is 96.2 Å². The summed E-state index contributed by atoms with van der Waals surface area (Å²) in [4.78, 5) is 3.41. The lowest BCUT2D eigenvalue weighted by Gasteiger charge is -2.31. The fourth-order valence-electron chi connectivity index (χ4n) is 4.89. The molecule has 0 saturated carbocycles. The molecular weight excluding hydrogens is 442 g/mol. The molecule has 0 aliphatic carbocycles. The van der Waals surface area contributed by atoms with E-state index >= 15 is 0 Å². The van der Waals surface area contributed by atoms with Crippen LogP contribution in [0.15, 0.2) is 85.1 Å². The zero-order valence-electron chi connectivity index (χ0n) is 19.3. The number of sulfonamides is 1. The van der Waals surface area contributed by atoms with E-state index in [1.54, 1.807) is 4.31 Å². The van der Waals surface area contributed by atoms with E-state index in [2.05, 4.69) is 59.0 Å². The summed E-state index contributed by atoms with van der Waals surface area (Å²) in [6.45, 7) is 2.30. The Morgan fingerprint density at radius 3 is 2.32 bits per heavy atom. The second-order valence-corrected chi connectivity index (χ2v) is 11.1. The van der Waals surface area contributed by atoms with Gasteiger partial charge < -0.3 is 10.3 Å². The first kappa shape index (κ1) is 22.8. The molecule has 0 amide bonds. The molecule has 0 spiro atoms. The zero-order chi connectivity index (χ0) is 23.4. The van der Waals surface area contributed by atoms with Gasteiger partial charge in [0.25, 0.3) is 0 Å². The number of hydrogen-bond donors (Lipinski definition) is 2. The largest absolute Gasteiger partial charge is 0.361 e. The topological polar surface area (TPSA) is 65.2 Å². The number of benzene rings is 3. The molecule has 34 heavy (non-hydrogen) atoms. The molecule has 0 unspecified atom stereocenters. The van der Waals surface area contributed by atoms with Gasteiger partial charge in [-0.25, -0.2) is 12.7 Å². The molecule has 0 atom stereocenters. The third-order valence-electron chi connectivity index (χ3n) is 6.82. The van der Waals surface area contributed by atoms with Crippen LogP contribution in [0.4, 0.5) is 0 Å². The van der Waals surface area contributed by atoms with E-state index in [9.17, 15) is 8.42 Å². The van der Waals surface area contributed by atoms with Crippen LogP contribution in [0.1, 0.15) is 29.9 Å². The number of piperidine rings is 1. The van der Waals surface area contributed by atoms with Crippen LogP contribution in [-0.2, 0) is 16.6 Å². The van der Waals surface area contributed by atoms with E-state index in [1.165, 1.54) is 22.1 Å². The summed E-state index contributed by atoms with van der Waals surface area (Å²) in [5.41, 5.74) is 6.01. The van der Waals surface area contributed by atoms with Crippen molar-refractivity contribution < 1.29 is 8.42 Å². The molecule has 6 heteroatoms. The van der Waals surface area contributed by atoms with Crippen LogP contribution in [0.2, 0.25) is 0 Å². The molecule has 1 fully saturated rings. The maximum absolute atomic E-state index is 12.9.